The summed E-state index contributed by atoms with van der Waals surface area (Å²) in [4.78, 5) is 28.2. The molecule has 23 heavy (non-hydrogen) atoms. The van der Waals surface area contributed by atoms with E-state index in [2.05, 4.69) is 15.9 Å². The molecule has 0 N–H and O–H groups in total. The van der Waals surface area contributed by atoms with Gasteiger partial charge < -0.3 is 4.90 Å². The maximum Gasteiger partial charge on any atom is 0.259 e. The fourth-order valence-corrected chi connectivity index (χ4v) is 2.91. The third-order valence-electron chi connectivity index (χ3n) is 3.89. The van der Waals surface area contributed by atoms with E-state index in [0.29, 0.717) is 18.5 Å². The van der Waals surface area contributed by atoms with E-state index in [0.717, 1.165) is 16.6 Å². The average Bonchev–Trinajstić information content (AvgIpc) is 2.98. The molecule has 2 aromatic carbocycles. The van der Waals surface area contributed by atoms with E-state index in [1.54, 1.807) is 21.9 Å². The van der Waals surface area contributed by atoms with Crippen LogP contribution in [0.3, 0.4) is 0 Å². The summed E-state index contributed by atoms with van der Waals surface area (Å²) in [5, 5.41) is 0. The van der Waals surface area contributed by atoms with Crippen molar-refractivity contribution >= 4 is 33.4 Å². The van der Waals surface area contributed by atoms with E-state index in [1.165, 1.54) is 0 Å². The average molecular weight is 373 g/mol. The molecule has 0 aliphatic carbocycles. The summed E-state index contributed by atoms with van der Waals surface area (Å²) in [5.74, 6) is -0.00191. The highest BCUT2D eigenvalue weighted by Crippen LogP contribution is 2.21. The predicted octanol–water partition coefficient (Wildman–Crippen LogP) is 3.68. The van der Waals surface area contributed by atoms with E-state index in [4.69, 9.17) is 0 Å². The molecule has 0 aromatic heterocycles. The first-order chi connectivity index (χ1) is 11.1. The highest BCUT2D eigenvalue weighted by atomic mass is 79.9. The topological polar surface area (TPSA) is 40.6 Å². The number of carbonyl (C=O) groups excluding carboxylic acids is 2. The largest absolute Gasteiger partial charge is 0.324 e. The minimum Gasteiger partial charge on any atom is -0.324 e. The normalized spacial score (nSPS) is 14.1. The van der Waals surface area contributed by atoms with Gasteiger partial charge in [-0.25, -0.2) is 0 Å². The van der Waals surface area contributed by atoms with Gasteiger partial charge in [-0.05, 0) is 42.8 Å². The van der Waals surface area contributed by atoms with Crippen LogP contribution in [0.4, 0.5) is 5.69 Å². The lowest BCUT2D eigenvalue weighted by atomic mass is 10.2. The lowest BCUT2D eigenvalue weighted by Gasteiger charge is -2.28. The summed E-state index contributed by atoms with van der Waals surface area (Å²) in [6.07, 6.45) is 1.42. The van der Waals surface area contributed by atoms with Gasteiger partial charge in [0.25, 0.3) is 5.91 Å². The Bertz CT molecular complexity index is 701. The third kappa shape index (κ3) is 3.62. The third-order valence-corrected chi connectivity index (χ3v) is 4.42. The number of halogens is 1. The van der Waals surface area contributed by atoms with Gasteiger partial charge in [-0.3, -0.25) is 14.5 Å². The molecule has 1 aliphatic heterocycles. The number of benzene rings is 2. The minimum atomic E-state index is -0.108. The molecular weight excluding hydrogens is 356 g/mol. The highest BCUT2D eigenvalue weighted by Gasteiger charge is 2.26. The first kappa shape index (κ1) is 15.7. The number of nitrogens with zero attached hydrogens (tertiary/aromatic N) is 2. The summed E-state index contributed by atoms with van der Waals surface area (Å²) >= 11 is 3.38. The van der Waals surface area contributed by atoms with Crippen LogP contribution in [-0.2, 0) is 4.79 Å². The van der Waals surface area contributed by atoms with Crippen LogP contribution in [0, 0.1) is 0 Å². The molecule has 2 aromatic rings. The molecule has 0 spiro atoms. The lowest BCUT2D eigenvalue weighted by molar-refractivity contribution is -0.127. The second-order valence-corrected chi connectivity index (χ2v) is 6.39. The smallest absolute Gasteiger partial charge is 0.259 e. The standard InChI is InChI=1S/C18H17BrN2O2/c19-15-10-8-14(9-11-15)18(23)21(16-5-2-1-3-6-16)13-20-12-4-7-17(20)22/h1-3,5-6,8-11H,4,7,12-13H2. The first-order valence-electron chi connectivity index (χ1n) is 7.55. The summed E-state index contributed by atoms with van der Waals surface area (Å²) < 4.78 is 0.926. The van der Waals surface area contributed by atoms with Crippen LogP contribution in [0.15, 0.2) is 59.1 Å². The molecule has 5 heteroatoms. The summed E-state index contributed by atoms with van der Waals surface area (Å²) in [6, 6.07) is 16.7. The van der Waals surface area contributed by atoms with Crippen molar-refractivity contribution in [2.75, 3.05) is 18.1 Å². The number of carbonyl (C=O) groups is 2. The number of likely N-dealkylation sites (tertiary alicyclic amines) is 1. The molecule has 0 saturated carbocycles. The Kier molecular flexibility index (Phi) is 4.76. The number of anilines is 1. The molecule has 0 radical (unpaired) electrons. The number of para-hydroxylation sites is 1. The van der Waals surface area contributed by atoms with Gasteiger partial charge >= 0.3 is 0 Å². The fraction of sp³-hybridized carbons (Fsp3) is 0.222. The van der Waals surface area contributed by atoms with Crippen molar-refractivity contribution in [1.82, 2.24) is 4.90 Å². The van der Waals surface area contributed by atoms with Crippen LogP contribution >= 0.6 is 15.9 Å². The molecule has 1 aliphatic rings. The second kappa shape index (κ2) is 6.96. The maximum atomic E-state index is 12.9. The first-order valence-corrected chi connectivity index (χ1v) is 8.35. The molecule has 4 nitrogen and oxygen atoms in total. The van der Waals surface area contributed by atoms with E-state index < -0.39 is 0 Å². The van der Waals surface area contributed by atoms with Crippen LogP contribution in [0.2, 0.25) is 0 Å². The molecule has 3 rings (SSSR count). The highest BCUT2D eigenvalue weighted by molar-refractivity contribution is 9.10. The molecule has 1 heterocycles. The number of hydrogen-bond acceptors (Lipinski definition) is 2. The molecule has 1 fully saturated rings. The molecule has 1 saturated heterocycles. The molecular formula is C18H17BrN2O2. The van der Waals surface area contributed by atoms with E-state index >= 15 is 0 Å². The van der Waals surface area contributed by atoms with Crippen molar-refractivity contribution in [1.29, 1.82) is 0 Å². The predicted molar refractivity (Wildman–Crippen MR) is 93.2 cm³/mol. The Morgan fingerprint density at radius 1 is 1.09 bits per heavy atom. The summed E-state index contributed by atoms with van der Waals surface area (Å²) in [5.41, 5.74) is 1.39. The van der Waals surface area contributed by atoms with Gasteiger partial charge in [0.2, 0.25) is 5.91 Å². The Labute approximate surface area is 143 Å². The molecule has 0 atom stereocenters. The van der Waals surface area contributed by atoms with Gasteiger partial charge in [0, 0.05) is 28.7 Å². The fourth-order valence-electron chi connectivity index (χ4n) is 2.64. The molecule has 2 amide bonds. The van der Waals surface area contributed by atoms with Gasteiger partial charge in [-0.2, -0.15) is 0 Å². The number of rotatable bonds is 4. The van der Waals surface area contributed by atoms with Gasteiger partial charge in [0.15, 0.2) is 0 Å². The number of hydrogen-bond donors (Lipinski definition) is 0. The monoisotopic (exact) mass is 372 g/mol. The Morgan fingerprint density at radius 3 is 2.39 bits per heavy atom. The minimum absolute atomic E-state index is 0.106. The Morgan fingerprint density at radius 2 is 1.78 bits per heavy atom. The molecule has 0 bridgehead atoms. The second-order valence-electron chi connectivity index (χ2n) is 5.48. The zero-order chi connectivity index (χ0) is 16.2. The Balaban J connectivity index is 1.89. The quantitative estimate of drug-likeness (QED) is 0.821. The summed E-state index contributed by atoms with van der Waals surface area (Å²) in [7, 11) is 0. The lowest BCUT2D eigenvalue weighted by Crippen LogP contribution is -2.42. The molecule has 0 unspecified atom stereocenters. The Hall–Kier alpha value is -2.14. The van der Waals surface area contributed by atoms with Crippen molar-refractivity contribution in [2.45, 2.75) is 12.8 Å². The van der Waals surface area contributed by atoms with Crippen molar-refractivity contribution in [3.63, 3.8) is 0 Å². The van der Waals surface area contributed by atoms with Gasteiger partial charge in [0.05, 0.1) is 0 Å². The van der Waals surface area contributed by atoms with E-state index in [1.807, 2.05) is 42.5 Å². The van der Waals surface area contributed by atoms with Crippen molar-refractivity contribution in [3.8, 4) is 0 Å². The van der Waals surface area contributed by atoms with Gasteiger partial charge in [-0.15, -0.1) is 0 Å². The van der Waals surface area contributed by atoms with E-state index in [-0.39, 0.29) is 18.5 Å². The molecule has 118 valence electrons. The SMILES string of the molecule is O=C1CCCN1CN(C(=O)c1ccc(Br)cc1)c1ccccc1. The van der Waals surface area contributed by atoms with Crippen LogP contribution in [0.5, 0.6) is 0 Å². The van der Waals surface area contributed by atoms with Crippen molar-refractivity contribution < 1.29 is 9.59 Å². The van der Waals surface area contributed by atoms with Crippen LogP contribution in [-0.4, -0.2) is 29.9 Å². The summed E-state index contributed by atoms with van der Waals surface area (Å²) in [6.45, 7) is 0.994. The zero-order valence-corrected chi connectivity index (χ0v) is 14.2. The maximum absolute atomic E-state index is 12.9. The van der Waals surface area contributed by atoms with Crippen LogP contribution in [0.1, 0.15) is 23.2 Å². The van der Waals surface area contributed by atoms with Crippen LogP contribution < -0.4 is 4.90 Å². The van der Waals surface area contributed by atoms with Crippen LogP contribution in [0.25, 0.3) is 0 Å². The van der Waals surface area contributed by atoms with Crippen molar-refractivity contribution in [3.05, 3.63) is 64.6 Å². The van der Waals surface area contributed by atoms with E-state index in [9.17, 15) is 9.59 Å². The van der Waals surface area contributed by atoms with Gasteiger partial charge in [-0.1, -0.05) is 34.1 Å². The van der Waals surface area contributed by atoms with Gasteiger partial charge in [0.1, 0.15) is 6.67 Å². The van der Waals surface area contributed by atoms with Crippen molar-refractivity contribution in [2.24, 2.45) is 0 Å². The zero-order valence-electron chi connectivity index (χ0n) is 12.6. The number of amides is 2.